The van der Waals surface area contributed by atoms with E-state index in [2.05, 4.69) is 4.98 Å². The number of carbonyl (C=O) groups is 1. The highest BCUT2D eigenvalue weighted by Gasteiger charge is 2.36. The number of fused-ring (bicyclic) bond motifs is 3. The van der Waals surface area contributed by atoms with Crippen LogP contribution in [0.4, 0.5) is 0 Å². The van der Waals surface area contributed by atoms with Crippen LogP contribution in [0.25, 0.3) is 22.1 Å². The van der Waals surface area contributed by atoms with E-state index in [1.807, 2.05) is 36.1 Å². The van der Waals surface area contributed by atoms with Gasteiger partial charge in [-0.2, -0.15) is 5.10 Å². The smallest absolute Gasteiger partial charge is 0.255 e. The van der Waals surface area contributed by atoms with Crippen LogP contribution in [0.5, 0.6) is 0 Å². The first kappa shape index (κ1) is 22.9. The number of hydrogen-bond acceptors (Lipinski definition) is 7. The summed E-state index contributed by atoms with van der Waals surface area (Å²) < 4.78 is 32.1. The van der Waals surface area contributed by atoms with Gasteiger partial charge in [-0.05, 0) is 63.1 Å². The topological polar surface area (TPSA) is 111 Å². The number of rotatable bonds is 3. The number of piperidine rings is 1. The first-order valence-electron chi connectivity index (χ1n) is 13.1. The Kier molecular flexibility index (Phi) is 5.18. The van der Waals surface area contributed by atoms with Gasteiger partial charge < -0.3 is 9.32 Å². The number of oxazole rings is 1. The number of benzene rings is 1. The van der Waals surface area contributed by atoms with E-state index < -0.39 is 9.84 Å². The lowest BCUT2D eigenvalue weighted by atomic mass is 9.95. The first-order valence-corrected chi connectivity index (χ1v) is 15.0. The SMILES string of the molecule is Cc1nn([C@@H]2CCS(=O)(=O)C2)c2nc3c(c(C(=O)N4CCC(c5nc6ccccc6o5)CC4)c12)CCC3. The normalized spacial score (nSPS) is 21.8. The third kappa shape index (κ3) is 3.75. The number of aryl methyl sites for hydroxylation is 2. The molecular weight excluding hydrogens is 490 g/mol. The van der Waals surface area contributed by atoms with Crippen molar-refractivity contribution in [2.45, 2.75) is 57.4 Å². The molecule has 3 aliphatic rings. The van der Waals surface area contributed by atoms with Crippen molar-refractivity contribution < 1.29 is 17.6 Å². The van der Waals surface area contributed by atoms with E-state index >= 15 is 0 Å². The molecule has 0 spiro atoms. The van der Waals surface area contributed by atoms with E-state index in [0.717, 1.165) is 77.0 Å². The average Bonchev–Trinajstić information content (AvgIpc) is 3.67. The second-order valence-electron chi connectivity index (χ2n) is 10.6. The molecule has 2 saturated heterocycles. The van der Waals surface area contributed by atoms with Crippen LogP contribution in [0, 0.1) is 6.92 Å². The highest BCUT2D eigenvalue weighted by molar-refractivity contribution is 7.91. The van der Waals surface area contributed by atoms with Gasteiger partial charge in [0.2, 0.25) is 0 Å². The second kappa shape index (κ2) is 8.37. The van der Waals surface area contributed by atoms with E-state index in [9.17, 15) is 13.2 Å². The van der Waals surface area contributed by atoms with Crippen LogP contribution in [0.2, 0.25) is 0 Å². The Morgan fingerprint density at radius 1 is 1.08 bits per heavy atom. The number of para-hydroxylation sites is 2. The Hall–Kier alpha value is -3.27. The van der Waals surface area contributed by atoms with Crippen molar-refractivity contribution in [3.05, 3.63) is 52.7 Å². The monoisotopic (exact) mass is 519 g/mol. The van der Waals surface area contributed by atoms with Crippen molar-refractivity contribution in [3.8, 4) is 0 Å². The van der Waals surface area contributed by atoms with Gasteiger partial charge >= 0.3 is 0 Å². The van der Waals surface area contributed by atoms with Gasteiger partial charge in [0, 0.05) is 24.7 Å². The number of hydrogen-bond donors (Lipinski definition) is 0. The maximum Gasteiger partial charge on any atom is 0.255 e. The van der Waals surface area contributed by atoms with Crippen LogP contribution in [0.3, 0.4) is 0 Å². The minimum Gasteiger partial charge on any atom is -0.440 e. The Morgan fingerprint density at radius 2 is 1.89 bits per heavy atom. The van der Waals surface area contributed by atoms with Gasteiger partial charge in [-0.3, -0.25) is 4.79 Å². The fourth-order valence-corrected chi connectivity index (χ4v) is 8.04. The highest BCUT2D eigenvalue weighted by atomic mass is 32.2. The lowest BCUT2D eigenvalue weighted by molar-refractivity contribution is 0.0707. The van der Waals surface area contributed by atoms with Crippen molar-refractivity contribution in [1.29, 1.82) is 0 Å². The lowest BCUT2D eigenvalue weighted by Crippen LogP contribution is -2.38. The van der Waals surface area contributed by atoms with Crippen LogP contribution in [-0.4, -0.2) is 63.6 Å². The number of amides is 1. The van der Waals surface area contributed by atoms with Gasteiger partial charge in [-0.25, -0.2) is 23.1 Å². The van der Waals surface area contributed by atoms with E-state index in [0.29, 0.717) is 25.2 Å². The van der Waals surface area contributed by atoms with E-state index in [1.165, 1.54) is 0 Å². The first-order chi connectivity index (χ1) is 17.9. The highest BCUT2D eigenvalue weighted by Crippen LogP contribution is 2.37. The summed E-state index contributed by atoms with van der Waals surface area (Å²) >= 11 is 0. The molecule has 4 aromatic rings. The largest absolute Gasteiger partial charge is 0.440 e. The van der Waals surface area contributed by atoms with Crippen LogP contribution in [-0.2, 0) is 22.7 Å². The van der Waals surface area contributed by atoms with Crippen molar-refractivity contribution in [2.75, 3.05) is 24.6 Å². The molecule has 0 radical (unpaired) electrons. The molecule has 1 aliphatic carbocycles. The quantitative estimate of drug-likeness (QED) is 0.405. The van der Waals surface area contributed by atoms with Gasteiger partial charge in [0.05, 0.1) is 34.2 Å². The minimum absolute atomic E-state index is 0.0308. The minimum atomic E-state index is -3.07. The molecule has 0 N–H and O–H groups in total. The summed E-state index contributed by atoms with van der Waals surface area (Å²) in [5.41, 5.74) is 5.79. The molecule has 5 heterocycles. The number of aromatic nitrogens is 4. The number of sulfone groups is 1. The molecule has 7 rings (SSSR count). The Balaban J connectivity index is 1.21. The zero-order chi connectivity index (χ0) is 25.3. The summed E-state index contributed by atoms with van der Waals surface area (Å²) in [6, 6.07) is 7.56. The third-order valence-corrected chi connectivity index (χ3v) is 10.0. The molecule has 1 atom stereocenters. The summed E-state index contributed by atoms with van der Waals surface area (Å²) in [6.45, 7) is 3.17. The van der Waals surface area contributed by atoms with Crippen LogP contribution in [0.1, 0.15) is 70.8 Å². The van der Waals surface area contributed by atoms with Crippen molar-refractivity contribution in [3.63, 3.8) is 0 Å². The zero-order valence-corrected chi connectivity index (χ0v) is 21.6. The van der Waals surface area contributed by atoms with Crippen molar-refractivity contribution >= 4 is 37.9 Å². The summed E-state index contributed by atoms with van der Waals surface area (Å²) in [7, 11) is -3.07. The standard InChI is InChI=1S/C27H29N5O4S/c1-16-23-24(19-5-4-7-20(19)28-25(23)32(30-16)18-11-14-37(34,35)15-18)27(33)31-12-9-17(10-13-31)26-29-21-6-2-3-8-22(21)36-26/h2-3,6,8,17-18H,4-5,7,9-15H2,1H3/t18-/m1/s1. The van der Waals surface area contributed by atoms with E-state index in [1.54, 1.807) is 4.68 Å². The van der Waals surface area contributed by atoms with Gasteiger partial charge in [-0.1, -0.05) is 12.1 Å². The molecule has 37 heavy (non-hydrogen) atoms. The number of nitrogens with zero attached hydrogens (tertiary/aromatic N) is 5. The van der Waals surface area contributed by atoms with Crippen molar-refractivity contribution in [2.24, 2.45) is 0 Å². The van der Waals surface area contributed by atoms with Crippen LogP contribution < -0.4 is 0 Å². The van der Waals surface area contributed by atoms with Gasteiger partial charge in [0.1, 0.15) is 5.52 Å². The summed E-state index contributed by atoms with van der Waals surface area (Å²) in [5.74, 6) is 1.22. The molecule has 3 aromatic heterocycles. The van der Waals surface area contributed by atoms with Crippen LogP contribution in [0.15, 0.2) is 28.7 Å². The molecule has 0 unspecified atom stereocenters. The van der Waals surface area contributed by atoms with Gasteiger partial charge in [0.25, 0.3) is 5.91 Å². The summed E-state index contributed by atoms with van der Waals surface area (Å²) in [4.78, 5) is 25.6. The molecule has 1 amide bonds. The molecule has 0 saturated carbocycles. The Morgan fingerprint density at radius 3 is 2.65 bits per heavy atom. The molecule has 2 aliphatic heterocycles. The molecule has 2 fully saturated rings. The van der Waals surface area contributed by atoms with Crippen molar-refractivity contribution in [1.82, 2.24) is 24.6 Å². The summed E-state index contributed by atoms with van der Waals surface area (Å²) in [5, 5.41) is 5.52. The fourth-order valence-electron chi connectivity index (χ4n) is 6.35. The molecule has 192 valence electrons. The third-order valence-electron chi connectivity index (χ3n) is 8.25. The number of carbonyl (C=O) groups excluding carboxylic acids is 1. The van der Waals surface area contributed by atoms with E-state index in [-0.39, 0.29) is 29.4 Å². The maximum absolute atomic E-state index is 14.1. The molecule has 9 nitrogen and oxygen atoms in total. The van der Waals surface area contributed by atoms with E-state index in [4.69, 9.17) is 14.5 Å². The molecule has 10 heteroatoms. The maximum atomic E-state index is 14.1. The number of pyridine rings is 1. The predicted molar refractivity (Wildman–Crippen MR) is 138 cm³/mol. The summed E-state index contributed by atoms with van der Waals surface area (Å²) in [6.07, 6.45) is 4.77. The fraction of sp³-hybridized carbons (Fsp3) is 0.481. The molecule has 0 bridgehead atoms. The average molecular weight is 520 g/mol. The second-order valence-corrected chi connectivity index (χ2v) is 12.9. The lowest BCUT2D eigenvalue weighted by Gasteiger charge is -2.31. The Bertz CT molecular complexity index is 1630. The van der Waals surface area contributed by atoms with Crippen LogP contribution >= 0.6 is 0 Å². The molecular formula is C27H29N5O4S. The zero-order valence-electron chi connectivity index (χ0n) is 20.8. The predicted octanol–water partition coefficient (Wildman–Crippen LogP) is 3.75. The number of likely N-dealkylation sites (tertiary alicyclic amines) is 1. The Labute approximate surface area is 214 Å². The van der Waals surface area contributed by atoms with Gasteiger partial charge in [0.15, 0.2) is 27.0 Å². The molecule has 1 aromatic carbocycles. The van der Waals surface area contributed by atoms with Gasteiger partial charge in [-0.15, -0.1) is 0 Å².